The van der Waals surface area contributed by atoms with Gasteiger partial charge in [-0.25, -0.2) is 0 Å². The van der Waals surface area contributed by atoms with E-state index in [-0.39, 0.29) is 5.78 Å². The summed E-state index contributed by atoms with van der Waals surface area (Å²) in [7, 11) is 0. The average Bonchev–Trinajstić information content (AvgIpc) is 2.49. The first-order valence-electron chi connectivity index (χ1n) is 7.53. The van der Waals surface area contributed by atoms with Crippen LogP contribution >= 0.6 is 0 Å². The predicted molar refractivity (Wildman–Crippen MR) is 85.7 cm³/mol. The van der Waals surface area contributed by atoms with Gasteiger partial charge in [-0.1, -0.05) is 42.0 Å². The summed E-state index contributed by atoms with van der Waals surface area (Å²) in [6.07, 6.45) is 1.04. The number of hydrogen-bond acceptors (Lipinski definition) is 2. The summed E-state index contributed by atoms with van der Waals surface area (Å²) in [6, 6.07) is 14.6. The summed E-state index contributed by atoms with van der Waals surface area (Å²) in [6.45, 7) is 6.41. The second-order valence-electron chi connectivity index (χ2n) is 5.97. The minimum atomic E-state index is 0.232. The zero-order chi connectivity index (χ0) is 14.8. The molecule has 0 radical (unpaired) electrons. The number of hydrogen-bond donors (Lipinski definition) is 0. The van der Waals surface area contributed by atoms with Gasteiger partial charge in [-0.3, -0.25) is 9.69 Å². The van der Waals surface area contributed by atoms with Crippen LogP contribution in [0.1, 0.15) is 32.6 Å². The molecule has 0 atom stereocenters. The van der Waals surface area contributed by atoms with E-state index in [4.69, 9.17) is 0 Å². The van der Waals surface area contributed by atoms with Crippen molar-refractivity contribution in [3.63, 3.8) is 0 Å². The van der Waals surface area contributed by atoms with Crippen LogP contribution in [0.25, 0.3) is 0 Å². The molecule has 0 spiro atoms. The molecule has 2 nitrogen and oxygen atoms in total. The molecule has 0 saturated heterocycles. The van der Waals surface area contributed by atoms with Crippen LogP contribution in [0, 0.1) is 13.8 Å². The van der Waals surface area contributed by atoms with Gasteiger partial charge in [0.05, 0.1) is 6.54 Å². The van der Waals surface area contributed by atoms with E-state index < -0.39 is 0 Å². The lowest BCUT2D eigenvalue weighted by atomic mass is 9.98. The molecule has 0 bridgehead atoms. The SMILES string of the molecule is Cc1ccc(C)c(C(=O)CN2CCc3ccccc3C2)c1. The molecule has 3 rings (SSSR count). The third-order valence-electron chi connectivity index (χ3n) is 4.27. The van der Waals surface area contributed by atoms with E-state index in [0.717, 1.165) is 36.2 Å². The minimum Gasteiger partial charge on any atom is -0.293 e. The van der Waals surface area contributed by atoms with E-state index in [1.165, 1.54) is 11.1 Å². The minimum absolute atomic E-state index is 0.232. The maximum atomic E-state index is 12.6. The van der Waals surface area contributed by atoms with E-state index >= 15 is 0 Å². The highest BCUT2D eigenvalue weighted by Gasteiger charge is 2.19. The lowest BCUT2D eigenvalue weighted by Gasteiger charge is -2.28. The Morgan fingerprint density at radius 3 is 2.67 bits per heavy atom. The summed E-state index contributed by atoms with van der Waals surface area (Å²) in [5.74, 6) is 0.232. The van der Waals surface area contributed by atoms with Crippen molar-refractivity contribution in [3.8, 4) is 0 Å². The largest absolute Gasteiger partial charge is 0.293 e. The second kappa shape index (κ2) is 5.82. The molecule has 2 aromatic rings. The van der Waals surface area contributed by atoms with Crippen molar-refractivity contribution < 1.29 is 4.79 Å². The van der Waals surface area contributed by atoms with Crippen LogP contribution in [0.3, 0.4) is 0 Å². The molecule has 2 aromatic carbocycles. The van der Waals surface area contributed by atoms with E-state index in [0.29, 0.717) is 6.54 Å². The van der Waals surface area contributed by atoms with Crippen LogP contribution in [-0.4, -0.2) is 23.8 Å². The van der Waals surface area contributed by atoms with Crippen molar-refractivity contribution >= 4 is 5.78 Å². The number of carbonyl (C=O) groups excluding carboxylic acids is 1. The average molecular weight is 279 g/mol. The Morgan fingerprint density at radius 2 is 1.86 bits per heavy atom. The van der Waals surface area contributed by atoms with Gasteiger partial charge >= 0.3 is 0 Å². The standard InChI is InChI=1S/C19H21NO/c1-14-7-8-15(2)18(11-14)19(21)13-20-10-9-16-5-3-4-6-17(16)12-20/h3-8,11H,9-10,12-13H2,1-2H3. The van der Waals surface area contributed by atoms with Crippen LogP contribution in [0.15, 0.2) is 42.5 Å². The molecule has 108 valence electrons. The number of nitrogens with zero attached hydrogens (tertiary/aromatic N) is 1. The highest BCUT2D eigenvalue weighted by Crippen LogP contribution is 2.19. The third-order valence-corrected chi connectivity index (χ3v) is 4.27. The van der Waals surface area contributed by atoms with Crippen LogP contribution in [-0.2, 0) is 13.0 Å². The first kappa shape index (κ1) is 14.0. The van der Waals surface area contributed by atoms with Crippen LogP contribution < -0.4 is 0 Å². The smallest absolute Gasteiger partial charge is 0.177 e. The number of Topliss-reactive ketones (excluding diaryl/α,β-unsaturated/α-hetero) is 1. The van der Waals surface area contributed by atoms with Crippen LogP contribution in [0.4, 0.5) is 0 Å². The number of carbonyl (C=O) groups is 1. The van der Waals surface area contributed by atoms with Crippen molar-refractivity contribution in [2.45, 2.75) is 26.8 Å². The van der Waals surface area contributed by atoms with E-state index in [1.807, 2.05) is 26.0 Å². The van der Waals surface area contributed by atoms with Gasteiger partial charge in [-0.15, -0.1) is 0 Å². The van der Waals surface area contributed by atoms with Gasteiger partial charge in [0.1, 0.15) is 0 Å². The van der Waals surface area contributed by atoms with Gasteiger partial charge in [0.15, 0.2) is 5.78 Å². The fourth-order valence-corrected chi connectivity index (χ4v) is 3.01. The molecule has 0 N–H and O–H groups in total. The first-order chi connectivity index (χ1) is 10.1. The van der Waals surface area contributed by atoms with Gasteiger partial charge in [0, 0.05) is 18.7 Å². The second-order valence-corrected chi connectivity index (χ2v) is 5.97. The molecule has 1 heterocycles. The van der Waals surface area contributed by atoms with Gasteiger partial charge in [0.25, 0.3) is 0 Å². The Balaban J connectivity index is 1.73. The summed E-state index contributed by atoms with van der Waals surface area (Å²) in [5.41, 5.74) is 5.87. The monoisotopic (exact) mass is 279 g/mol. The van der Waals surface area contributed by atoms with Crippen molar-refractivity contribution in [2.24, 2.45) is 0 Å². The summed E-state index contributed by atoms with van der Waals surface area (Å²) in [4.78, 5) is 14.8. The highest BCUT2D eigenvalue weighted by molar-refractivity contribution is 5.99. The first-order valence-corrected chi connectivity index (χ1v) is 7.53. The predicted octanol–water partition coefficient (Wildman–Crippen LogP) is 3.54. The number of rotatable bonds is 3. The van der Waals surface area contributed by atoms with Crippen molar-refractivity contribution in [1.29, 1.82) is 0 Å². The molecular weight excluding hydrogens is 258 g/mol. The summed E-state index contributed by atoms with van der Waals surface area (Å²) >= 11 is 0. The Bertz CT molecular complexity index is 675. The van der Waals surface area contributed by atoms with Crippen LogP contribution in [0.5, 0.6) is 0 Å². The molecule has 0 saturated carbocycles. The van der Waals surface area contributed by atoms with Gasteiger partial charge in [0.2, 0.25) is 0 Å². The van der Waals surface area contributed by atoms with Gasteiger partial charge in [-0.05, 0) is 43.0 Å². The van der Waals surface area contributed by atoms with Crippen molar-refractivity contribution in [3.05, 3.63) is 70.3 Å². The fourth-order valence-electron chi connectivity index (χ4n) is 3.01. The quantitative estimate of drug-likeness (QED) is 0.801. The number of ketones is 1. The molecule has 0 unspecified atom stereocenters. The third kappa shape index (κ3) is 3.06. The van der Waals surface area contributed by atoms with E-state index in [2.05, 4.69) is 35.2 Å². The maximum absolute atomic E-state index is 12.6. The number of fused-ring (bicyclic) bond motifs is 1. The Hall–Kier alpha value is -1.93. The topological polar surface area (TPSA) is 20.3 Å². The number of benzene rings is 2. The zero-order valence-electron chi connectivity index (χ0n) is 12.7. The molecule has 1 aliphatic rings. The van der Waals surface area contributed by atoms with Crippen LogP contribution in [0.2, 0.25) is 0 Å². The maximum Gasteiger partial charge on any atom is 0.177 e. The lowest BCUT2D eigenvalue weighted by Crippen LogP contribution is -2.35. The zero-order valence-corrected chi connectivity index (χ0v) is 12.7. The molecule has 21 heavy (non-hydrogen) atoms. The van der Waals surface area contributed by atoms with Gasteiger partial charge < -0.3 is 0 Å². The molecule has 1 aliphatic heterocycles. The molecule has 2 heteroatoms. The van der Waals surface area contributed by atoms with E-state index in [1.54, 1.807) is 0 Å². The van der Waals surface area contributed by atoms with E-state index in [9.17, 15) is 4.79 Å². The molecule has 0 aromatic heterocycles. The summed E-state index contributed by atoms with van der Waals surface area (Å²) in [5, 5.41) is 0. The molecule has 0 amide bonds. The Labute approximate surface area is 126 Å². The molecular formula is C19H21NO. The van der Waals surface area contributed by atoms with Crippen molar-refractivity contribution in [1.82, 2.24) is 4.90 Å². The normalized spacial score (nSPS) is 14.8. The Morgan fingerprint density at radius 1 is 1.10 bits per heavy atom. The Kier molecular flexibility index (Phi) is 3.89. The molecule has 0 aliphatic carbocycles. The van der Waals surface area contributed by atoms with Crippen molar-refractivity contribution in [2.75, 3.05) is 13.1 Å². The summed E-state index contributed by atoms with van der Waals surface area (Å²) < 4.78 is 0. The number of aryl methyl sites for hydroxylation is 2. The van der Waals surface area contributed by atoms with Gasteiger partial charge in [-0.2, -0.15) is 0 Å². The highest BCUT2D eigenvalue weighted by atomic mass is 16.1. The fraction of sp³-hybridized carbons (Fsp3) is 0.316. The molecule has 0 fully saturated rings. The lowest BCUT2D eigenvalue weighted by molar-refractivity contribution is 0.0921.